The first kappa shape index (κ1) is 16.2. The molecule has 110 valence electrons. The van der Waals surface area contributed by atoms with Crippen molar-refractivity contribution in [1.29, 1.82) is 0 Å². The van der Waals surface area contributed by atoms with E-state index in [-0.39, 0.29) is 0 Å². The summed E-state index contributed by atoms with van der Waals surface area (Å²) in [5.74, 6) is 1.13. The van der Waals surface area contributed by atoms with E-state index in [2.05, 4.69) is 54.6 Å². The van der Waals surface area contributed by atoms with Crippen LogP contribution in [-0.4, -0.2) is 41.1 Å². The van der Waals surface area contributed by atoms with E-state index < -0.39 is 0 Å². The van der Waals surface area contributed by atoms with Crippen LogP contribution in [0.2, 0.25) is 0 Å². The molecular formula is C15H30N4. The molecule has 0 amide bonds. The third kappa shape index (κ3) is 4.62. The quantitative estimate of drug-likeness (QED) is 0.744. The maximum atomic E-state index is 4.41. The third-order valence-electron chi connectivity index (χ3n) is 4.19. The summed E-state index contributed by atoms with van der Waals surface area (Å²) >= 11 is 0. The minimum atomic E-state index is 0.371. The molecule has 0 spiro atoms. The summed E-state index contributed by atoms with van der Waals surface area (Å²) < 4.78 is 2.10. The van der Waals surface area contributed by atoms with Gasteiger partial charge < -0.3 is 9.88 Å². The smallest absolute Gasteiger partial charge is 0.122 e. The Bertz CT molecular complexity index is 355. The molecule has 1 aromatic rings. The fourth-order valence-corrected chi connectivity index (χ4v) is 2.59. The molecule has 1 rings (SSSR count). The van der Waals surface area contributed by atoms with Gasteiger partial charge in [-0.1, -0.05) is 20.8 Å². The van der Waals surface area contributed by atoms with E-state index in [1.807, 2.05) is 12.4 Å². The van der Waals surface area contributed by atoms with Crippen molar-refractivity contribution in [3.05, 3.63) is 18.2 Å². The molecule has 1 aromatic heterocycles. The second-order valence-corrected chi connectivity index (χ2v) is 5.61. The van der Waals surface area contributed by atoms with Crippen molar-refractivity contribution < 1.29 is 0 Å². The van der Waals surface area contributed by atoms with Gasteiger partial charge in [0.1, 0.15) is 5.82 Å². The number of aromatic nitrogens is 2. The fourth-order valence-electron chi connectivity index (χ4n) is 2.59. The van der Waals surface area contributed by atoms with Gasteiger partial charge >= 0.3 is 0 Å². The highest BCUT2D eigenvalue weighted by atomic mass is 15.2. The van der Waals surface area contributed by atoms with Gasteiger partial charge in [0.25, 0.3) is 0 Å². The second kappa shape index (κ2) is 7.65. The highest BCUT2D eigenvalue weighted by molar-refractivity contribution is 4.92. The van der Waals surface area contributed by atoms with Gasteiger partial charge in [-0.15, -0.1) is 0 Å². The monoisotopic (exact) mass is 266 g/mol. The molecule has 0 aromatic carbocycles. The summed E-state index contributed by atoms with van der Waals surface area (Å²) in [4.78, 5) is 6.80. The Morgan fingerprint density at radius 3 is 2.47 bits per heavy atom. The first-order valence-electron chi connectivity index (χ1n) is 7.42. The molecule has 0 radical (unpaired) electrons. The summed E-state index contributed by atoms with van der Waals surface area (Å²) in [5.41, 5.74) is 0.371. The molecule has 1 heterocycles. The minimum Gasteiger partial charge on any atom is -0.337 e. The Morgan fingerprint density at radius 2 is 2.00 bits per heavy atom. The van der Waals surface area contributed by atoms with E-state index in [0.717, 1.165) is 32.0 Å². The van der Waals surface area contributed by atoms with E-state index in [0.29, 0.717) is 5.41 Å². The topological polar surface area (TPSA) is 33.1 Å². The lowest BCUT2D eigenvalue weighted by Crippen LogP contribution is -2.42. The number of aryl methyl sites for hydroxylation is 1. The van der Waals surface area contributed by atoms with Crippen LogP contribution in [-0.2, 0) is 13.6 Å². The van der Waals surface area contributed by atoms with Gasteiger partial charge in [0.2, 0.25) is 0 Å². The largest absolute Gasteiger partial charge is 0.337 e. The Kier molecular flexibility index (Phi) is 6.52. The van der Waals surface area contributed by atoms with Crippen LogP contribution in [0.25, 0.3) is 0 Å². The standard InChI is InChI=1S/C15H30N4/c1-6-15(7-2,12-16-8-3)13-18(4)11-14-17-9-10-19(14)5/h9-10,16H,6-8,11-13H2,1-5H3. The van der Waals surface area contributed by atoms with Crippen LogP contribution in [0.4, 0.5) is 0 Å². The zero-order valence-electron chi connectivity index (χ0n) is 13.2. The molecule has 0 aliphatic heterocycles. The molecule has 0 saturated carbocycles. The van der Waals surface area contributed by atoms with Crippen molar-refractivity contribution in [1.82, 2.24) is 19.8 Å². The molecular weight excluding hydrogens is 236 g/mol. The van der Waals surface area contributed by atoms with Crippen molar-refractivity contribution in [3.8, 4) is 0 Å². The van der Waals surface area contributed by atoms with Gasteiger partial charge in [0, 0.05) is 32.5 Å². The summed E-state index contributed by atoms with van der Waals surface area (Å²) in [5, 5.41) is 3.52. The maximum Gasteiger partial charge on any atom is 0.122 e. The summed E-state index contributed by atoms with van der Waals surface area (Å²) in [6.45, 7) is 10.9. The fraction of sp³-hybridized carbons (Fsp3) is 0.800. The van der Waals surface area contributed by atoms with Crippen LogP contribution in [0, 0.1) is 5.41 Å². The van der Waals surface area contributed by atoms with Gasteiger partial charge in [-0.3, -0.25) is 4.90 Å². The van der Waals surface area contributed by atoms with Gasteiger partial charge in [0.15, 0.2) is 0 Å². The Balaban J connectivity index is 2.60. The van der Waals surface area contributed by atoms with Gasteiger partial charge in [-0.05, 0) is 31.8 Å². The van der Waals surface area contributed by atoms with Crippen LogP contribution in [0.3, 0.4) is 0 Å². The minimum absolute atomic E-state index is 0.371. The number of nitrogens with one attached hydrogen (secondary N) is 1. The SMILES string of the molecule is CCNCC(CC)(CC)CN(C)Cc1nccn1C. The molecule has 0 fully saturated rings. The average molecular weight is 266 g/mol. The van der Waals surface area contributed by atoms with Crippen molar-refractivity contribution in [2.45, 2.75) is 40.2 Å². The van der Waals surface area contributed by atoms with Crippen molar-refractivity contribution in [2.24, 2.45) is 12.5 Å². The van der Waals surface area contributed by atoms with E-state index in [1.54, 1.807) is 0 Å². The van der Waals surface area contributed by atoms with E-state index in [4.69, 9.17) is 0 Å². The van der Waals surface area contributed by atoms with Crippen molar-refractivity contribution in [2.75, 3.05) is 26.7 Å². The lowest BCUT2D eigenvalue weighted by Gasteiger charge is -2.36. The van der Waals surface area contributed by atoms with Crippen LogP contribution >= 0.6 is 0 Å². The van der Waals surface area contributed by atoms with Crippen molar-refractivity contribution in [3.63, 3.8) is 0 Å². The predicted octanol–water partition coefficient (Wildman–Crippen LogP) is 2.27. The normalized spacial score (nSPS) is 12.3. The highest BCUT2D eigenvalue weighted by Crippen LogP contribution is 2.26. The van der Waals surface area contributed by atoms with Gasteiger partial charge in [-0.2, -0.15) is 0 Å². The van der Waals surface area contributed by atoms with Crippen LogP contribution in [0.1, 0.15) is 39.4 Å². The van der Waals surface area contributed by atoms with Gasteiger partial charge in [-0.25, -0.2) is 4.98 Å². The van der Waals surface area contributed by atoms with E-state index in [9.17, 15) is 0 Å². The third-order valence-corrected chi connectivity index (χ3v) is 4.19. The lowest BCUT2D eigenvalue weighted by atomic mass is 9.81. The Morgan fingerprint density at radius 1 is 1.32 bits per heavy atom. The molecule has 0 atom stereocenters. The lowest BCUT2D eigenvalue weighted by molar-refractivity contribution is 0.148. The van der Waals surface area contributed by atoms with E-state index in [1.165, 1.54) is 12.8 Å². The second-order valence-electron chi connectivity index (χ2n) is 5.61. The molecule has 0 bridgehead atoms. The molecule has 0 unspecified atom stereocenters. The zero-order valence-corrected chi connectivity index (χ0v) is 13.2. The molecule has 19 heavy (non-hydrogen) atoms. The van der Waals surface area contributed by atoms with Crippen LogP contribution in [0.5, 0.6) is 0 Å². The number of hydrogen-bond donors (Lipinski definition) is 1. The molecule has 1 N–H and O–H groups in total. The number of imidazole rings is 1. The Hall–Kier alpha value is -0.870. The summed E-state index contributed by atoms with van der Waals surface area (Å²) in [6, 6.07) is 0. The molecule has 4 nitrogen and oxygen atoms in total. The average Bonchev–Trinajstić information content (AvgIpc) is 2.80. The molecule has 0 aliphatic carbocycles. The maximum absolute atomic E-state index is 4.41. The van der Waals surface area contributed by atoms with E-state index >= 15 is 0 Å². The van der Waals surface area contributed by atoms with Gasteiger partial charge in [0.05, 0.1) is 6.54 Å². The Labute approximate surface area is 118 Å². The molecule has 0 aliphatic rings. The summed E-state index contributed by atoms with van der Waals surface area (Å²) in [7, 11) is 4.25. The van der Waals surface area contributed by atoms with Crippen molar-refractivity contribution >= 4 is 0 Å². The zero-order chi connectivity index (χ0) is 14.3. The first-order valence-corrected chi connectivity index (χ1v) is 7.42. The molecule has 4 heteroatoms. The van der Waals surface area contributed by atoms with Crippen LogP contribution in [0.15, 0.2) is 12.4 Å². The summed E-state index contributed by atoms with van der Waals surface area (Å²) in [6.07, 6.45) is 6.30. The highest BCUT2D eigenvalue weighted by Gasteiger charge is 2.27. The molecule has 0 saturated heterocycles. The predicted molar refractivity (Wildman–Crippen MR) is 81.1 cm³/mol. The number of rotatable bonds is 9. The first-order chi connectivity index (χ1) is 9.06. The number of nitrogens with zero attached hydrogens (tertiary/aromatic N) is 3. The number of hydrogen-bond acceptors (Lipinski definition) is 3. The van der Waals surface area contributed by atoms with Crippen LogP contribution < -0.4 is 5.32 Å².